The van der Waals surface area contributed by atoms with Crippen molar-refractivity contribution in [2.45, 2.75) is 12.6 Å². The van der Waals surface area contributed by atoms with Gasteiger partial charge in [-0.2, -0.15) is 0 Å². The van der Waals surface area contributed by atoms with Crippen LogP contribution in [0, 0.1) is 5.82 Å². The van der Waals surface area contributed by atoms with Gasteiger partial charge in [0.2, 0.25) is 5.95 Å². The third kappa shape index (κ3) is 3.98. The van der Waals surface area contributed by atoms with Gasteiger partial charge in [0.05, 0.1) is 30.7 Å². The van der Waals surface area contributed by atoms with Crippen LogP contribution in [0.4, 0.5) is 26.5 Å². The molecule has 3 aromatic rings. The van der Waals surface area contributed by atoms with Crippen molar-refractivity contribution >= 4 is 23.4 Å². The molecule has 4 heterocycles. The van der Waals surface area contributed by atoms with Crippen molar-refractivity contribution in [2.24, 2.45) is 0 Å². The fraction of sp³-hybridized carbons (Fsp3) is 0.350. The summed E-state index contributed by atoms with van der Waals surface area (Å²) in [6.45, 7) is 3.44. The molecule has 11 heteroatoms. The van der Waals surface area contributed by atoms with E-state index in [1.165, 1.54) is 11.0 Å². The lowest BCUT2D eigenvalue weighted by Crippen LogP contribution is -2.47. The summed E-state index contributed by atoms with van der Waals surface area (Å²) >= 11 is 0. The van der Waals surface area contributed by atoms with Crippen molar-refractivity contribution in [2.75, 3.05) is 47.4 Å². The number of nitrogens with zero attached hydrogens (tertiary/aromatic N) is 8. The molecule has 0 saturated carbocycles. The molecule has 2 fully saturated rings. The van der Waals surface area contributed by atoms with Gasteiger partial charge >= 0.3 is 6.09 Å². The molecule has 1 amide bonds. The summed E-state index contributed by atoms with van der Waals surface area (Å²) in [5.41, 5.74) is 0.993. The molecule has 2 saturated heterocycles. The van der Waals surface area contributed by atoms with E-state index in [0.717, 1.165) is 0 Å². The number of halogens is 1. The Hall–Kier alpha value is -3.76. The van der Waals surface area contributed by atoms with Crippen molar-refractivity contribution in [3.63, 3.8) is 0 Å². The predicted molar refractivity (Wildman–Crippen MR) is 110 cm³/mol. The molecule has 160 valence electrons. The van der Waals surface area contributed by atoms with Crippen LogP contribution in [0.15, 0.2) is 49.1 Å². The highest BCUT2D eigenvalue weighted by Crippen LogP contribution is 2.29. The number of hydrogen-bond acceptors (Lipinski definition) is 8. The maximum atomic E-state index is 15.0. The van der Waals surface area contributed by atoms with E-state index in [4.69, 9.17) is 4.74 Å². The van der Waals surface area contributed by atoms with Gasteiger partial charge in [0.1, 0.15) is 11.9 Å². The van der Waals surface area contributed by atoms with Crippen LogP contribution in [-0.2, 0) is 11.3 Å². The van der Waals surface area contributed by atoms with E-state index < -0.39 is 6.09 Å². The summed E-state index contributed by atoms with van der Waals surface area (Å²) in [5, 5.41) is 7.63. The summed E-state index contributed by atoms with van der Waals surface area (Å²) in [7, 11) is 0. The third-order valence-corrected chi connectivity index (χ3v) is 5.43. The standard InChI is InChI=1S/C20H21FN8O2/c21-17-12-15(29-14-16(31-20(29)30)13-28-7-6-24-25-28)2-3-18(17)26-8-10-27(11-9-26)19-22-4-1-5-23-19/h1-7,12,16H,8-11,13-14H2. The largest absolute Gasteiger partial charge is 0.442 e. The van der Waals surface area contributed by atoms with Crippen LogP contribution < -0.4 is 14.7 Å². The molecule has 5 rings (SSSR count). The van der Waals surface area contributed by atoms with E-state index in [-0.39, 0.29) is 11.9 Å². The average molecular weight is 424 g/mol. The normalized spacial score (nSPS) is 19.1. The first kappa shape index (κ1) is 19.2. The number of cyclic esters (lactones) is 1. The third-order valence-electron chi connectivity index (χ3n) is 5.43. The van der Waals surface area contributed by atoms with Gasteiger partial charge in [0, 0.05) is 44.8 Å². The number of anilines is 3. The Balaban J connectivity index is 1.24. The number of carbonyl (C=O) groups is 1. The highest BCUT2D eigenvalue weighted by molar-refractivity contribution is 5.90. The van der Waals surface area contributed by atoms with Crippen molar-refractivity contribution in [1.82, 2.24) is 25.0 Å². The van der Waals surface area contributed by atoms with E-state index in [1.807, 2.05) is 4.90 Å². The molecule has 0 aliphatic carbocycles. The van der Waals surface area contributed by atoms with Crippen molar-refractivity contribution < 1.29 is 13.9 Å². The van der Waals surface area contributed by atoms with Crippen LogP contribution in [0.2, 0.25) is 0 Å². The van der Waals surface area contributed by atoms with Gasteiger partial charge in [0.15, 0.2) is 0 Å². The molecule has 0 spiro atoms. The molecule has 0 bridgehead atoms. The maximum absolute atomic E-state index is 15.0. The second-order valence-corrected chi connectivity index (χ2v) is 7.40. The van der Waals surface area contributed by atoms with E-state index in [0.29, 0.717) is 56.6 Å². The molecule has 31 heavy (non-hydrogen) atoms. The van der Waals surface area contributed by atoms with Crippen LogP contribution >= 0.6 is 0 Å². The van der Waals surface area contributed by atoms with E-state index >= 15 is 0 Å². The number of piperazine rings is 1. The molecule has 2 aliphatic heterocycles. The molecule has 10 nitrogen and oxygen atoms in total. The quantitative estimate of drug-likeness (QED) is 0.609. The molecule has 0 radical (unpaired) electrons. The van der Waals surface area contributed by atoms with Crippen molar-refractivity contribution in [1.29, 1.82) is 0 Å². The van der Waals surface area contributed by atoms with Crippen molar-refractivity contribution in [3.8, 4) is 0 Å². The highest BCUT2D eigenvalue weighted by atomic mass is 19.1. The summed E-state index contributed by atoms with van der Waals surface area (Å²) in [6, 6.07) is 6.65. The summed E-state index contributed by atoms with van der Waals surface area (Å²) in [5.74, 6) is 0.320. The molecule has 1 unspecified atom stereocenters. The zero-order chi connectivity index (χ0) is 21.2. The molecular formula is C20H21FN8O2. The number of benzene rings is 1. The van der Waals surface area contributed by atoms with Gasteiger partial charge in [-0.3, -0.25) is 4.90 Å². The number of ether oxygens (including phenoxy) is 1. The lowest BCUT2D eigenvalue weighted by atomic mass is 10.2. The van der Waals surface area contributed by atoms with Gasteiger partial charge in [-0.15, -0.1) is 5.10 Å². The zero-order valence-corrected chi connectivity index (χ0v) is 16.7. The Morgan fingerprint density at radius 1 is 1.06 bits per heavy atom. The highest BCUT2D eigenvalue weighted by Gasteiger charge is 2.33. The number of hydrogen-bond donors (Lipinski definition) is 0. The van der Waals surface area contributed by atoms with Crippen LogP contribution in [0.1, 0.15) is 0 Å². The van der Waals surface area contributed by atoms with E-state index in [9.17, 15) is 9.18 Å². The van der Waals surface area contributed by atoms with Gasteiger partial charge in [-0.1, -0.05) is 5.21 Å². The minimum absolute atomic E-state index is 0.327. The molecule has 1 aromatic carbocycles. The molecule has 1 atom stereocenters. The number of carbonyl (C=O) groups excluding carboxylic acids is 1. The molecular weight excluding hydrogens is 403 g/mol. The monoisotopic (exact) mass is 424 g/mol. The lowest BCUT2D eigenvalue weighted by molar-refractivity contribution is 0.129. The molecule has 2 aromatic heterocycles. The van der Waals surface area contributed by atoms with Crippen LogP contribution in [0.3, 0.4) is 0 Å². The van der Waals surface area contributed by atoms with Gasteiger partial charge in [-0.25, -0.2) is 23.8 Å². The number of aromatic nitrogens is 5. The Morgan fingerprint density at radius 2 is 1.84 bits per heavy atom. The summed E-state index contributed by atoms with van der Waals surface area (Å²) in [6.07, 6.45) is 5.84. The van der Waals surface area contributed by atoms with Crippen molar-refractivity contribution in [3.05, 3.63) is 54.9 Å². The first-order valence-electron chi connectivity index (χ1n) is 10.1. The Kier molecular flexibility index (Phi) is 5.06. The van der Waals surface area contributed by atoms with Gasteiger partial charge in [-0.05, 0) is 24.3 Å². The van der Waals surface area contributed by atoms with Crippen LogP contribution in [-0.4, -0.2) is 69.9 Å². The lowest BCUT2D eigenvalue weighted by Gasteiger charge is -2.36. The second-order valence-electron chi connectivity index (χ2n) is 7.40. The predicted octanol–water partition coefficient (Wildman–Crippen LogP) is 1.56. The number of rotatable bonds is 5. The topological polar surface area (TPSA) is 92.5 Å². The summed E-state index contributed by atoms with van der Waals surface area (Å²) < 4.78 is 21.9. The van der Waals surface area contributed by atoms with Crippen LogP contribution in [0.5, 0.6) is 0 Å². The smallest absolute Gasteiger partial charge is 0.414 e. The fourth-order valence-corrected chi connectivity index (χ4v) is 3.89. The summed E-state index contributed by atoms with van der Waals surface area (Å²) in [4.78, 5) is 26.4. The SMILES string of the molecule is O=C1OC(Cn2ccnn2)CN1c1ccc(N2CCN(c3ncccn3)CC2)c(F)c1. The van der Waals surface area contributed by atoms with Crippen LogP contribution in [0.25, 0.3) is 0 Å². The Morgan fingerprint density at radius 3 is 2.55 bits per heavy atom. The second kappa shape index (κ2) is 8.17. The molecule has 2 aliphatic rings. The first-order valence-corrected chi connectivity index (χ1v) is 10.1. The molecule has 0 N–H and O–H groups in total. The number of amides is 1. The Labute approximate surface area is 177 Å². The maximum Gasteiger partial charge on any atom is 0.414 e. The Bertz CT molecular complexity index is 1040. The minimum Gasteiger partial charge on any atom is -0.442 e. The zero-order valence-electron chi connectivity index (χ0n) is 16.7. The minimum atomic E-state index is -0.492. The fourth-order valence-electron chi connectivity index (χ4n) is 3.89. The first-order chi connectivity index (χ1) is 15.2. The van der Waals surface area contributed by atoms with E-state index in [1.54, 1.807) is 47.7 Å². The van der Waals surface area contributed by atoms with Gasteiger partial charge in [0.25, 0.3) is 0 Å². The van der Waals surface area contributed by atoms with Gasteiger partial charge < -0.3 is 14.5 Å². The average Bonchev–Trinajstić information content (AvgIpc) is 3.44. The van der Waals surface area contributed by atoms with E-state index in [2.05, 4.69) is 25.2 Å².